The molecule has 0 aliphatic carbocycles. The molecule has 0 aromatic rings. The Bertz CT molecular complexity index is 87.5. The molecule has 0 unspecified atom stereocenters. The Balaban J connectivity index is 3.17. The highest BCUT2D eigenvalue weighted by atomic mass is 19.1. The van der Waals surface area contributed by atoms with Crippen LogP contribution in [0.25, 0.3) is 0 Å². The summed E-state index contributed by atoms with van der Waals surface area (Å²) in [6, 6.07) is 0. The molecule has 0 bridgehead atoms. The number of amides is 1. The first-order chi connectivity index (χ1) is 4.06. The molecule has 1 amide bonds. The Morgan fingerprint density at radius 2 is 2.22 bits per heavy atom. The first-order valence-corrected chi connectivity index (χ1v) is 2.92. The maximum absolute atomic E-state index is 12.6. The Kier molecular flexibility index (Phi) is 3.20. The Hall–Kier alpha value is -0.600. The molecule has 0 saturated carbocycles. The van der Waals surface area contributed by atoms with Gasteiger partial charge in [0.05, 0.1) is 0 Å². The van der Waals surface area contributed by atoms with Crippen LogP contribution in [0.1, 0.15) is 20.3 Å². The van der Waals surface area contributed by atoms with E-state index in [0.717, 1.165) is 0 Å². The Morgan fingerprint density at radius 3 is 2.56 bits per heavy atom. The first kappa shape index (κ1) is 8.40. The average molecular weight is 133 g/mol. The quantitative estimate of drug-likeness (QED) is 0.447. The third-order valence-electron chi connectivity index (χ3n) is 0.947. The second kappa shape index (κ2) is 3.43. The fraction of sp³-hybridized carbons (Fsp3) is 0.833. The zero-order valence-corrected chi connectivity index (χ0v) is 5.78. The van der Waals surface area contributed by atoms with E-state index in [9.17, 15) is 9.18 Å². The van der Waals surface area contributed by atoms with Crippen LogP contribution in [0.15, 0.2) is 0 Å². The van der Waals surface area contributed by atoms with Gasteiger partial charge in [0.1, 0.15) is 5.67 Å². The fourth-order valence-electron chi connectivity index (χ4n) is 0.428. The number of halogens is 1. The molecular formula is C6H12FNO. The van der Waals surface area contributed by atoms with E-state index in [4.69, 9.17) is 0 Å². The first-order valence-electron chi connectivity index (χ1n) is 2.92. The number of carbonyl (C=O) groups excluding carboxylic acids is 1. The molecule has 0 aliphatic heterocycles. The monoisotopic (exact) mass is 133 g/mol. The smallest absolute Gasteiger partial charge is 0.207 e. The van der Waals surface area contributed by atoms with Crippen molar-refractivity contribution in [3.63, 3.8) is 0 Å². The minimum absolute atomic E-state index is 0.367. The summed E-state index contributed by atoms with van der Waals surface area (Å²) in [7, 11) is 0. The Labute approximate surface area is 54.4 Å². The van der Waals surface area contributed by atoms with Crippen molar-refractivity contribution in [2.75, 3.05) is 6.54 Å². The number of hydrogen-bond donors (Lipinski definition) is 1. The molecular weight excluding hydrogens is 121 g/mol. The van der Waals surface area contributed by atoms with Gasteiger partial charge in [0.2, 0.25) is 6.41 Å². The normalized spacial score (nSPS) is 11.0. The molecule has 0 saturated heterocycles. The van der Waals surface area contributed by atoms with Crippen LogP contribution in [-0.2, 0) is 4.79 Å². The van der Waals surface area contributed by atoms with Crippen LogP contribution in [-0.4, -0.2) is 18.6 Å². The minimum Gasteiger partial charge on any atom is -0.359 e. The van der Waals surface area contributed by atoms with Crippen molar-refractivity contribution in [1.82, 2.24) is 5.32 Å². The van der Waals surface area contributed by atoms with Crippen LogP contribution < -0.4 is 5.32 Å². The van der Waals surface area contributed by atoms with E-state index in [1.165, 1.54) is 13.8 Å². The molecule has 0 fully saturated rings. The van der Waals surface area contributed by atoms with Crippen molar-refractivity contribution in [3.8, 4) is 0 Å². The number of nitrogens with one attached hydrogen (secondary N) is 1. The summed E-state index contributed by atoms with van der Waals surface area (Å²) < 4.78 is 12.6. The largest absolute Gasteiger partial charge is 0.359 e. The lowest BCUT2D eigenvalue weighted by Crippen LogP contribution is -2.21. The highest BCUT2D eigenvalue weighted by Crippen LogP contribution is 2.11. The zero-order chi connectivity index (χ0) is 7.33. The lowest BCUT2D eigenvalue weighted by atomic mass is 10.1. The van der Waals surface area contributed by atoms with E-state index in [1.807, 2.05) is 0 Å². The predicted octanol–water partition coefficient (Wildman–Crippen LogP) is 0.871. The maximum Gasteiger partial charge on any atom is 0.207 e. The molecule has 0 aromatic heterocycles. The number of rotatable bonds is 4. The van der Waals surface area contributed by atoms with Gasteiger partial charge in [-0.25, -0.2) is 4.39 Å². The molecule has 0 aromatic carbocycles. The van der Waals surface area contributed by atoms with Crippen LogP contribution in [0.4, 0.5) is 4.39 Å². The molecule has 2 nitrogen and oxygen atoms in total. The van der Waals surface area contributed by atoms with Crippen molar-refractivity contribution in [2.24, 2.45) is 0 Å². The van der Waals surface area contributed by atoms with Gasteiger partial charge in [0, 0.05) is 6.54 Å². The topological polar surface area (TPSA) is 29.1 Å². The Morgan fingerprint density at radius 1 is 1.67 bits per heavy atom. The van der Waals surface area contributed by atoms with Gasteiger partial charge in [0.15, 0.2) is 0 Å². The summed E-state index contributed by atoms with van der Waals surface area (Å²) in [6.07, 6.45) is 0.942. The highest BCUT2D eigenvalue weighted by molar-refractivity contribution is 5.45. The highest BCUT2D eigenvalue weighted by Gasteiger charge is 2.13. The fourth-order valence-corrected chi connectivity index (χ4v) is 0.428. The summed E-state index contributed by atoms with van der Waals surface area (Å²) in [6.45, 7) is 3.38. The lowest BCUT2D eigenvalue weighted by Gasteiger charge is -2.11. The van der Waals surface area contributed by atoms with Gasteiger partial charge in [-0.2, -0.15) is 0 Å². The standard InChI is InChI=1S/C6H12FNO/c1-6(2,7)3-4-8-5-9/h5H,3-4H2,1-2H3,(H,8,9). The van der Waals surface area contributed by atoms with E-state index in [0.29, 0.717) is 19.4 Å². The summed E-state index contributed by atoms with van der Waals surface area (Å²) in [5, 5.41) is 2.38. The average Bonchev–Trinajstić information content (AvgIpc) is 1.63. The van der Waals surface area contributed by atoms with E-state index in [-0.39, 0.29) is 0 Å². The van der Waals surface area contributed by atoms with Crippen molar-refractivity contribution < 1.29 is 9.18 Å². The lowest BCUT2D eigenvalue weighted by molar-refractivity contribution is -0.109. The van der Waals surface area contributed by atoms with Crippen LogP contribution in [0.3, 0.4) is 0 Å². The molecule has 1 N–H and O–H groups in total. The maximum atomic E-state index is 12.6. The molecule has 0 radical (unpaired) electrons. The molecule has 0 aliphatic rings. The van der Waals surface area contributed by atoms with Crippen LogP contribution >= 0.6 is 0 Å². The van der Waals surface area contributed by atoms with Gasteiger partial charge in [-0.15, -0.1) is 0 Å². The van der Waals surface area contributed by atoms with Gasteiger partial charge in [-0.3, -0.25) is 4.79 Å². The molecule has 54 valence electrons. The van der Waals surface area contributed by atoms with Crippen molar-refractivity contribution >= 4 is 6.41 Å². The SMILES string of the molecule is CC(C)(F)CCNC=O. The van der Waals surface area contributed by atoms with Crippen LogP contribution in [0.2, 0.25) is 0 Å². The van der Waals surface area contributed by atoms with Crippen LogP contribution in [0.5, 0.6) is 0 Å². The third kappa shape index (κ3) is 7.40. The van der Waals surface area contributed by atoms with Gasteiger partial charge in [-0.05, 0) is 20.3 Å². The van der Waals surface area contributed by atoms with E-state index >= 15 is 0 Å². The minimum atomic E-state index is -1.17. The molecule has 0 spiro atoms. The summed E-state index contributed by atoms with van der Waals surface area (Å²) in [5.74, 6) is 0. The van der Waals surface area contributed by atoms with Crippen molar-refractivity contribution in [2.45, 2.75) is 25.9 Å². The number of hydrogen-bond acceptors (Lipinski definition) is 1. The van der Waals surface area contributed by atoms with Crippen molar-refractivity contribution in [3.05, 3.63) is 0 Å². The number of carbonyl (C=O) groups is 1. The zero-order valence-electron chi connectivity index (χ0n) is 5.78. The summed E-state index contributed by atoms with van der Waals surface area (Å²) >= 11 is 0. The predicted molar refractivity (Wildman–Crippen MR) is 33.9 cm³/mol. The van der Waals surface area contributed by atoms with Crippen LogP contribution in [0, 0.1) is 0 Å². The number of alkyl halides is 1. The van der Waals surface area contributed by atoms with Gasteiger partial charge < -0.3 is 5.32 Å². The second-order valence-corrected chi connectivity index (χ2v) is 2.54. The van der Waals surface area contributed by atoms with E-state index in [1.54, 1.807) is 0 Å². The van der Waals surface area contributed by atoms with E-state index in [2.05, 4.69) is 5.32 Å². The summed E-state index contributed by atoms with van der Waals surface area (Å²) in [4.78, 5) is 9.66. The molecule has 0 atom stereocenters. The van der Waals surface area contributed by atoms with Gasteiger partial charge in [-0.1, -0.05) is 0 Å². The third-order valence-corrected chi connectivity index (χ3v) is 0.947. The molecule has 3 heteroatoms. The van der Waals surface area contributed by atoms with Crippen molar-refractivity contribution in [1.29, 1.82) is 0 Å². The molecule has 0 rings (SSSR count). The summed E-state index contributed by atoms with van der Waals surface area (Å²) in [5.41, 5.74) is -1.17. The van der Waals surface area contributed by atoms with E-state index < -0.39 is 5.67 Å². The molecule has 9 heavy (non-hydrogen) atoms. The van der Waals surface area contributed by atoms with Gasteiger partial charge in [0.25, 0.3) is 0 Å². The molecule has 0 heterocycles. The second-order valence-electron chi connectivity index (χ2n) is 2.54. The van der Waals surface area contributed by atoms with Gasteiger partial charge >= 0.3 is 0 Å².